The van der Waals surface area contributed by atoms with Gasteiger partial charge in [0.2, 0.25) is 0 Å². The van der Waals surface area contributed by atoms with Crippen molar-refractivity contribution in [1.29, 1.82) is 0 Å². The van der Waals surface area contributed by atoms with Gasteiger partial charge in [-0.25, -0.2) is 0 Å². The van der Waals surface area contributed by atoms with Crippen molar-refractivity contribution in [3.05, 3.63) is 94.5 Å². The lowest BCUT2D eigenvalue weighted by Crippen LogP contribution is -2.15. The minimum atomic E-state index is 0.831. The van der Waals surface area contributed by atoms with Gasteiger partial charge in [0.25, 0.3) is 0 Å². The van der Waals surface area contributed by atoms with Crippen LogP contribution in [0.2, 0.25) is 0 Å². The van der Waals surface area contributed by atoms with Crippen molar-refractivity contribution >= 4 is 31.9 Å². The van der Waals surface area contributed by atoms with Gasteiger partial charge in [0.1, 0.15) is 11.5 Å². The SMILES string of the molecule is COc1cccc(CBr)c1CBr.COc1cccc2c1CN(Cc1ccccc1)C2. The van der Waals surface area contributed by atoms with Crippen molar-refractivity contribution in [2.75, 3.05) is 14.2 Å². The monoisotopic (exact) mass is 531 g/mol. The number of hydrogen-bond acceptors (Lipinski definition) is 3. The molecule has 30 heavy (non-hydrogen) atoms. The van der Waals surface area contributed by atoms with Crippen LogP contribution in [0.3, 0.4) is 0 Å². The molecule has 0 radical (unpaired) electrons. The van der Waals surface area contributed by atoms with Gasteiger partial charge in [-0.15, -0.1) is 0 Å². The maximum Gasteiger partial charge on any atom is 0.123 e. The van der Waals surface area contributed by atoms with E-state index < -0.39 is 0 Å². The predicted molar refractivity (Wildman–Crippen MR) is 131 cm³/mol. The van der Waals surface area contributed by atoms with E-state index in [2.05, 4.69) is 85.3 Å². The number of alkyl halides is 2. The Labute approximate surface area is 196 Å². The highest BCUT2D eigenvalue weighted by Gasteiger charge is 2.21. The Kier molecular flexibility index (Phi) is 8.79. The molecular formula is C25H27Br2NO2. The molecule has 3 aromatic rings. The Morgan fingerprint density at radius 3 is 2.13 bits per heavy atom. The Hall–Kier alpha value is -1.82. The van der Waals surface area contributed by atoms with E-state index in [4.69, 9.17) is 9.47 Å². The summed E-state index contributed by atoms with van der Waals surface area (Å²) in [6.07, 6.45) is 0. The first-order valence-corrected chi connectivity index (χ1v) is 12.1. The third kappa shape index (κ3) is 5.65. The highest BCUT2D eigenvalue weighted by Crippen LogP contribution is 2.31. The second-order valence-electron chi connectivity index (χ2n) is 7.09. The van der Waals surface area contributed by atoms with E-state index in [0.29, 0.717) is 0 Å². The molecule has 0 spiro atoms. The van der Waals surface area contributed by atoms with Crippen LogP contribution in [0.4, 0.5) is 0 Å². The molecule has 3 nitrogen and oxygen atoms in total. The van der Waals surface area contributed by atoms with Crippen LogP contribution in [0.5, 0.6) is 11.5 Å². The van der Waals surface area contributed by atoms with E-state index in [-0.39, 0.29) is 0 Å². The summed E-state index contributed by atoms with van der Waals surface area (Å²) in [7, 11) is 3.44. The predicted octanol–water partition coefficient (Wildman–Crippen LogP) is 6.70. The van der Waals surface area contributed by atoms with Crippen LogP contribution in [0.25, 0.3) is 0 Å². The zero-order valence-electron chi connectivity index (χ0n) is 17.4. The highest BCUT2D eigenvalue weighted by molar-refractivity contribution is 9.09. The summed E-state index contributed by atoms with van der Waals surface area (Å²) in [5.41, 5.74) is 6.59. The Balaban J connectivity index is 0.000000187. The fourth-order valence-corrected chi connectivity index (χ4v) is 4.84. The topological polar surface area (TPSA) is 21.7 Å². The van der Waals surface area contributed by atoms with Gasteiger partial charge in [0.05, 0.1) is 14.2 Å². The number of ether oxygens (including phenoxy) is 2. The van der Waals surface area contributed by atoms with Gasteiger partial charge < -0.3 is 9.47 Å². The second-order valence-corrected chi connectivity index (χ2v) is 8.22. The van der Waals surface area contributed by atoms with Crippen molar-refractivity contribution in [3.8, 4) is 11.5 Å². The molecule has 0 fully saturated rings. The zero-order valence-corrected chi connectivity index (χ0v) is 20.6. The van der Waals surface area contributed by atoms with Gasteiger partial charge >= 0.3 is 0 Å². The minimum Gasteiger partial charge on any atom is -0.496 e. The fraction of sp³-hybridized carbons (Fsp3) is 0.280. The van der Waals surface area contributed by atoms with Crippen molar-refractivity contribution in [2.45, 2.75) is 30.3 Å². The summed E-state index contributed by atoms with van der Waals surface area (Å²) in [4.78, 5) is 2.45. The molecule has 0 unspecified atom stereocenters. The van der Waals surface area contributed by atoms with Crippen LogP contribution in [0.15, 0.2) is 66.7 Å². The van der Waals surface area contributed by atoms with Gasteiger partial charge in [-0.1, -0.05) is 86.5 Å². The summed E-state index contributed by atoms with van der Waals surface area (Å²) in [6.45, 7) is 2.99. The van der Waals surface area contributed by atoms with Crippen LogP contribution in [0, 0.1) is 0 Å². The van der Waals surface area contributed by atoms with E-state index in [1.165, 1.54) is 27.8 Å². The molecule has 0 aliphatic carbocycles. The van der Waals surface area contributed by atoms with Crippen LogP contribution in [0.1, 0.15) is 27.8 Å². The molecule has 0 saturated carbocycles. The zero-order chi connectivity index (χ0) is 21.3. The second kappa shape index (κ2) is 11.5. The van der Waals surface area contributed by atoms with Crippen LogP contribution in [-0.2, 0) is 30.3 Å². The number of methoxy groups -OCH3 is 2. The molecule has 0 saturated heterocycles. The Morgan fingerprint density at radius 2 is 1.47 bits per heavy atom. The first kappa shape index (κ1) is 22.9. The Bertz CT molecular complexity index is 925. The average Bonchev–Trinajstić information content (AvgIpc) is 3.21. The first-order chi connectivity index (χ1) is 14.7. The third-order valence-corrected chi connectivity index (χ3v) is 6.37. The molecule has 1 aliphatic rings. The number of fused-ring (bicyclic) bond motifs is 1. The van der Waals surface area contributed by atoms with Crippen molar-refractivity contribution in [2.24, 2.45) is 0 Å². The molecule has 5 heteroatoms. The standard InChI is InChI=1S/C16H17NO.C9H10Br2O/c1-18-16-9-5-8-14-11-17(12-15(14)16)10-13-6-3-2-4-7-13;1-12-9-4-2-3-7(5-10)8(9)6-11/h2-9H,10-12H2,1H3;2-4H,5-6H2,1H3. The summed E-state index contributed by atoms with van der Waals surface area (Å²) < 4.78 is 10.7. The third-order valence-electron chi connectivity index (χ3n) is 5.20. The lowest BCUT2D eigenvalue weighted by atomic mass is 10.1. The van der Waals surface area contributed by atoms with Gasteiger partial charge in [0, 0.05) is 41.4 Å². The van der Waals surface area contributed by atoms with Crippen molar-refractivity contribution in [3.63, 3.8) is 0 Å². The lowest BCUT2D eigenvalue weighted by molar-refractivity contribution is 0.273. The molecule has 0 atom stereocenters. The fourth-order valence-electron chi connectivity index (χ4n) is 3.68. The Morgan fingerprint density at radius 1 is 0.767 bits per heavy atom. The molecule has 158 valence electrons. The van der Waals surface area contributed by atoms with Crippen LogP contribution < -0.4 is 9.47 Å². The average molecular weight is 533 g/mol. The summed E-state index contributed by atoms with van der Waals surface area (Å²) in [6, 6.07) is 23.0. The van der Waals surface area contributed by atoms with Gasteiger partial charge in [-0.05, 0) is 28.8 Å². The molecule has 1 heterocycles. The number of hydrogen-bond donors (Lipinski definition) is 0. The highest BCUT2D eigenvalue weighted by atomic mass is 79.9. The molecule has 4 rings (SSSR count). The number of halogens is 2. The first-order valence-electron chi connectivity index (χ1n) is 9.87. The smallest absolute Gasteiger partial charge is 0.123 e. The van der Waals surface area contributed by atoms with E-state index in [1.807, 2.05) is 18.2 Å². The summed E-state index contributed by atoms with van der Waals surface area (Å²) in [5, 5.41) is 1.70. The van der Waals surface area contributed by atoms with Crippen molar-refractivity contribution in [1.82, 2.24) is 4.90 Å². The molecule has 0 bridgehead atoms. The van der Waals surface area contributed by atoms with Crippen LogP contribution in [-0.4, -0.2) is 19.1 Å². The normalized spacial score (nSPS) is 12.7. The van der Waals surface area contributed by atoms with E-state index in [9.17, 15) is 0 Å². The molecule has 0 amide bonds. The summed E-state index contributed by atoms with van der Waals surface area (Å²) >= 11 is 6.88. The maximum atomic E-state index is 5.43. The molecule has 1 aliphatic heterocycles. The van der Waals surface area contributed by atoms with E-state index >= 15 is 0 Å². The minimum absolute atomic E-state index is 0.831. The van der Waals surface area contributed by atoms with E-state index in [1.54, 1.807) is 14.2 Å². The van der Waals surface area contributed by atoms with Crippen LogP contribution >= 0.6 is 31.9 Å². The number of nitrogens with zero attached hydrogens (tertiary/aromatic N) is 1. The summed E-state index contributed by atoms with van der Waals surface area (Å²) in [5.74, 6) is 1.96. The largest absolute Gasteiger partial charge is 0.496 e. The van der Waals surface area contributed by atoms with Gasteiger partial charge in [-0.2, -0.15) is 0 Å². The number of rotatable bonds is 6. The van der Waals surface area contributed by atoms with Crippen molar-refractivity contribution < 1.29 is 9.47 Å². The van der Waals surface area contributed by atoms with Gasteiger partial charge in [0.15, 0.2) is 0 Å². The molecule has 3 aromatic carbocycles. The lowest BCUT2D eigenvalue weighted by Gasteiger charge is -2.14. The van der Waals surface area contributed by atoms with Gasteiger partial charge in [-0.3, -0.25) is 4.90 Å². The number of benzene rings is 3. The molecular weight excluding hydrogens is 506 g/mol. The van der Waals surface area contributed by atoms with E-state index in [0.717, 1.165) is 41.8 Å². The molecule has 0 N–H and O–H groups in total. The maximum absolute atomic E-state index is 5.43. The molecule has 0 aromatic heterocycles. The quantitative estimate of drug-likeness (QED) is 0.330.